The number of hydrogen-bond donors (Lipinski definition) is 1. The molecule has 0 saturated heterocycles. The van der Waals surface area contributed by atoms with Crippen LogP contribution in [0.3, 0.4) is 0 Å². The van der Waals surface area contributed by atoms with Crippen LogP contribution in [0, 0.1) is 5.92 Å². The van der Waals surface area contributed by atoms with Crippen LogP contribution in [0.25, 0.3) is 0 Å². The summed E-state index contributed by atoms with van der Waals surface area (Å²) in [6.07, 6.45) is 9.58. The normalized spacial score (nSPS) is 19.1. The number of hydrogen-bond acceptors (Lipinski definition) is 2. The van der Waals surface area contributed by atoms with Crippen molar-refractivity contribution in [3.63, 3.8) is 0 Å². The van der Waals surface area contributed by atoms with Gasteiger partial charge in [-0.2, -0.15) is 0 Å². The zero-order chi connectivity index (χ0) is 14.2. The molecule has 0 amide bonds. The lowest BCUT2D eigenvalue weighted by molar-refractivity contribution is 0.0912. The molecule has 0 bridgehead atoms. The SMILES string of the molecule is CCCOc1ccc(C(O)C2CCCCCCC2)cc1. The third kappa shape index (κ3) is 4.52. The van der Waals surface area contributed by atoms with E-state index in [0.717, 1.165) is 37.2 Å². The fourth-order valence-electron chi connectivity index (χ4n) is 3.06. The van der Waals surface area contributed by atoms with Crippen LogP contribution < -0.4 is 4.74 Å². The second kappa shape index (κ2) is 8.31. The molecular weight excluding hydrogens is 248 g/mol. The maximum Gasteiger partial charge on any atom is 0.119 e. The molecule has 1 N–H and O–H groups in total. The van der Waals surface area contributed by atoms with Gasteiger partial charge in [-0.3, -0.25) is 0 Å². The van der Waals surface area contributed by atoms with Gasteiger partial charge in [-0.25, -0.2) is 0 Å². The standard InChI is InChI=1S/C18H28O2/c1-2-14-20-17-12-10-16(11-13-17)18(19)15-8-6-4-3-5-7-9-15/h10-13,15,18-19H,2-9,14H2,1H3. The maximum absolute atomic E-state index is 10.6. The Bertz CT molecular complexity index is 364. The molecule has 0 radical (unpaired) electrons. The van der Waals surface area contributed by atoms with E-state index in [0.29, 0.717) is 5.92 Å². The van der Waals surface area contributed by atoms with Crippen molar-refractivity contribution < 1.29 is 9.84 Å². The Hall–Kier alpha value is -1.02. The molecule has 1 aliphatic rings. The van der Waals surface area contributed by atoms with Gasteiger partial charge >= 0.3 is 0 Å². The van der Waals surface area contributed by atoms with Gasteiger partial charge in [-0.15, -0.1) is 0 Å². The van der Waals surface area contributed by atoms with E-state index >= 15 is 0 Å². The summed E-state index contributed by atoms with van der Waals surface area (Å²) in [5.74, 6) is 1.33. The molecule has 0 heterocycles. The predicted molar refractivity (Wildman–Crippen MR) is 83.0 cm³/mol. The van der Waals surface area contributed by atoms with Crippen molar-refractivity contribution in [1.82, 2.24) is 0 Å². The Balaban J connectivity index is 1.94. The van der Waals surface area contributed by atoms with E-state index in [1.165, 1.54) is 32.1 Å². The number of aliphatic hydroxyl groups is 1. The lowest BCUT2D eigenvalue weighted by Crippen LogP contribution is -2.14. The molecule has 1 aliphatic carbocycles. The quantitative estimate of drug-likeness (QED) is 0.831. The molecule has 1 fully saturated rings. The molecule has 1 saturated carbocycles. The molecule has 1 atom stereocenters. The van der Waals surface area contributed by atoms with Gasteiger partial charge in [0.15, 0.2) is 0 Å². The number of benzene rings is 1. The topological polar surface area (TPSA) is 29.5 Å². The average molecular weight is 276 g/mol. The van der Waals surface area contributed by atoms with Gasteiger partial charge in [-0.1, -0.05) is 51.2 Å². The van der Waals surface area contributed by atoms with E-state index in [1.54, 1.807) is 0 Å². The van der Waals surface area contributed by atoms with E-state index in [9.17, 15) is 5.11 Å². The van der Waals surface area contributed by atoms with E-state index in [2.05, 4.69) is 6.92 Å². The van der Waals surface area contributed by atoms with E-state index in [1.807, 2.05) is 24.3 Å². The molecule has 2 nitrogen and oxygen atoms in total. The Morgan fingerprint density at radius 3 is 2.25 bits per heavy atom. The van der Waals surface area contributed by atoms with Crippen molar-refractivity contribution in [3.8, 4) is 5.75 Å². The Morgan fingerprint density at radius 1 is 1.05 bits per heavy atom. The van der Waals surface area contributed by atoms with Crippen molar-refractivity contribution in [3.05, 3.63) is 29.8 Å². The molecule has 1 aromatic carbocycles. The summed E-state index contributed by atoms with van der Waals surface area (Å²) in [6.45, 7) is 2.86. The largest absolute Gasteiger partial charge is 0.494 e. The highest BCUT2D eigenvalue weighted by molar-refractivity contribution is 5.28. The lowest BCUT2D eigenvalue weighted by atomic mass is 9.84. The fourth-order valence-corrected chi connectivity index (χ4v) is 3.06. The summed E-state index contributed by atoms with van der Waals surface area (Å²) in [5.41, 5.74) is 1.04. The van der Waals surface area contributed by atoms with Crippen molar-refractivity contribution >= 4 is 0 Å². The smallest absolute Gasteiger partial charge is 0.119 e. The van der Waals surface area contributed by atoms with Crippen LogP contribution in [-0.2, 0) is 0 Å². The van der Waals surface area contributed by atoms with Gasteiger partial charge in [-0.05, 0) is 42.9 Å². The first-order chi connectivity index (χ1) is 9.81. The van der Waals surface area contributed by atoms with Gasteiger partial charge in [0.25, 0.3) is 0 Å². The van der Waals surface area contributed by atoms with Crippen molar-refractivity contribution in [1.29, 1.82) is 0 Å². The highest BCUT2D eigenvalue weighted by Gasteiger charge is 2.21. The van der Waals surface area contributed by atoms with Crippen LogP contribution in [0.5, 0.6) is 5.75 Å². The predicted octanol–water partition coefficient (Wildman–Crippen LogP) is 4.87. The summed E-state index contributed by atoms with van der Waals surface area (Å²) in [7, 11) is 0. The second-order valence-electron chi connectivity index (χ2n) is 5.97. The minimum atomic E-state index is -0.312. The van der Waals surface area contributed by atoms with Crippen LogP contribution >= 0.6 is 0 Å². The van der Waals surface area contributed by atoms with Gasteiger partial charge < -0.3 is 9.84 Å². The summed E-state index contributed by atoms with van der Waals surface area (Å²) in [6, 6.07) is 8.01. The molecule has 0 spiro atoms. The molecule has 2 heteroatoms. The molecular formula is C18H28O2. The molecule has 1 aromatic rings. The van der Waals surface area contributed by atoms with Gasteiger partial charge in [0, 0.05) is 0 Å². The fraction of sp³-hybridized carbons (Fsp3) is 0.667. The summed E-state index contributed by atoms with van der Waals surface area (Å²) < 4.78 is 5.59. The third-order valence-electron chi connectivity index (χ3n) is 4.29. The van der Waals surface area contributed by atoms with Crippen molar-refractivity contribution in [2.75, 3.05) is 6.61 Å². The summed E-state index contributed by atoms with van der Waals surface area (Å²) in [4.78, 5) is 0. The third-order valence-corrected chi connectivity index (χ3v) is 4.29. The molecule has 0 aliphatic heterocycles. The Kier molecular flexibility index (Phi) is 6.38. The highest BCUT2D eigenvalue weighted by Crippen LogP contribution is 2.33. The Labute approximate surface area is 123 Å². The van der Waals surface area contributed by atoms with Crippen LogP contribution in [0.4, 0.5) is 0 Å². The van der Waals surface area contributed by atoms with E-state index in [-0.39, 0.29) is 6.10 Å². The summed E-state index contributed by atoms with van der Waals surface area (Å²) in [5, 5.41) is 10.6. The number of rotatable bonds is 5. The van der Waals surface area contributed by atoms with Crippen LogP contribution in [0.1, 0.15) is 70.0 Å². The molecule has 20 heavy (non-hydrogen) atoms. The monoisotopic (exact) mass is 276 g/mol. The lowest BCUT2D eigenvalue weighted by Gasteiger charge is -2.25. The van der Waals surface area contributed by atoms with Crippen molar-refractivity contribution in [2.24, 2.45) is 5.92 Å². The Morgan fingerprint density at radius 2 is 1.65 bits per heavy atom. The van der Waals surface area contributed by atoms with E-state index < -0.39 is 0 Å². The summed E-state index contributed by atoms with van der Waals surface area (Å²) >= 11 is 0. The first-order valence-corrected chi connectivity index (χ1v) is 8.22. The van der Waals surface area contributed by atoms with Crippen LogP contribution in [0.2, 0.25) is 0 Å². The van der Waals surface area contributed by atoms with Crippen LogP contribution in [-0.4, -0.2) is 11.7 Å². The first kappa shape index (κ1) is 15.4. The highest BCUT2D eigenvalue weighted by atomic mass is 16.5. The van der Waals surface area contributed by atoms with Gasteiger partial charge in [0.05, 0.1) is 12.7 Å². The van der Waals surface area contributed by atoms with Gasteiger partial charge in [0.1, 0.15) is 5.75 Å². The zero-order valence-corrected chi connectivity index (χ0v) is 12.7. The average Bonchev–Trinajstić information content (AvgIpc) is 2.45. The number of aliphatic hydroxyl groups excluding tert-OH is 1. The van der Waals surface area contributed by atoms with Crippen LogP contribution in [0.15, 0.2) is 24.3 Å². The van der Waals surface area contributed by atoms with Crippen molar-refractivity contribution in [2.45, 2.75) is 64.4 Å². The first-order valence-electron chi connectivity index (χ1n) is 8.22. The van der Waals surface area contributed by atoms with E-state index in [4.69, 9.17) is 4.74 Å². The second-order valence-corrected chi connectivity index (χ2v) is 5.97. The minimum Gasteiger partial charge on any atom is -0.494 e. The zero-order valence-electron chi connectivity index (χ0n) is 12.7. The van der Waals surface area contributed by atoms with Gasteiger partial charge in [0.2, 0.25) is 0 Å². The molecule has 2 rings (SSSR count). The number of ether oxygens (including phenoxy) is 1. The molecule has 1 unspecified atom stereocenters. The molecule has 0 aromatic heterocycles. The molecule has 112 valence electrons. The minimum absolute atomic E-state index is 0.312. The maximum atomic E-state index is 10.6.